The van der Waals surface area contributed by atoms with Gasteiger partial charge in [-0.15, -0.1) is 0 Å². The van der Waals surface area contributed by atoms with Gasteiger partial charge in [-0.2, -0.15) is 0 Å². The number of aryl methyl sites for hydroxylation is 1. The van der Waals surface area contributed by atoms with E-state index in [9.17, 15) is 4.79 Å². The Bertz CT molecular complexity index is 1500. The van der Waals surface area contributed by atoms with Crippen molar-refractivity contribution in [2.45, 2.75) is 20.8 Å². The summed E-state index contributed by atoms with van der Waals surface area (Å²) in [6.45, 7) is 12.0. The lowest BCUT2D eigenvalue weighted by molar-refractivity contribution is 0.104. The third kappa shape index (κ3) is 4.35. The first-order valence-electron chi connectivity index (χ1n) is 13.4. The van der Waals surface area contributed by atoms with Gasteiger partial charge in [0.2, 0.25) is 5.95 Å². The maximum atomic E-state index is 13.7. The zero-order valence-electron chi connectivity index (χ0n) is 22.2. The number of fused-ring (bicyclic) bond motifs is 3. The lowest BCUT2D eigenvalue weighted by Gasteiger charge is -2.36. The molecular formula is C32H33N5O. The second kappa shape index (κ2) is 9.69. The molecule has 1 aliphatic carbocycles. The predicted octanol–water partition coefficient (Wildman–Crippen LogP) is 5.69. The number of carbonyl (C=O) groups is 1. The maximum absolute atomic E-state index is 13.7. The molecule has 4 aromatic rings. The summed E-state index contributed by atoms with van der Waals surface area (Å²) in [4.78, 5) is 27.8. The Morgan fingerprint density at radius 1 is 0.789 bits per heavy atom. The molecule has 2 aliphatic rings. The van der Waals surface area contributed by atoms with Crippen LogP contribution >= 0.6 is 0 Å². The summed E-state index contributed by atoms with van der Waals surface area (Å²) in [6.07, 6.45) is 0. The summed E-state index contributed by atoms with van der Waals surface area (Å²) in [5.74, 6) is 0.809. The molecule has 0 radical (unpaired) electrons. The first kappa shape index (κ1) is 24.3. The fourth-order valence-corrected chi connectivity index (χ4v) is 5.72. The number of nitrogens with two attached hydrogens (primary N) is 1. The van der Waals surface area contributed by atoms with Crippen molar-refractivity contribution >= 4 is 17.4 Å². The topological polar surface area (TPSA) is 75.3 Å². The van der Waals surface area contributed by atoms with Gasteiger partial charge in [-0.1, -0.05) is 74.0 Å². The highest BCUT2D eigenvalue weighted by Crippen LogP contribution is 2.45. The summed E-state index contributed by atoms with van der Waals surface area (Å²) >= 11 is 0. The zero-order chi connectivity index (χ0) is 26.4. The molecule has 6 rings (SSSR count). The van der Waals surface area contributed by atoms with Gasteiger partial charge >= 0.3 is 0 Å². The highest BCUT2D eigenvalue weighted by atomic mass is 16.1. The van der Waals surface area contributed by atoms with Gasteiger partial charge in [-0.25, -0.2) is 9.97 Å². The molecule has 1 fully saturated rings. The second-order valence-electron chi connectivity index (χ2n) is 10.8. The van der Waals surface area contributed by atoms with E-state index in [1.165, 1.54) is 5.69 Å². The van der Waals surface area contributed by atoms with Gasteiger partial charge in [0.15, 0.2) is 5.78 Å². The Kier molecular flexibility index (Phi) is 6.20. The van der Waals surface area contributed by atoms with Crippen LogP contribution in [0.1, 0.15) is 35.3 Å². The van der Waals surface area contributed by atoms with E-state index in [0.29, 0.717) is 28.4 Å². The zero-order valence-corrected chi connectivity index (χ0v) is 22.2. The molecule has 0 spiro atoms. The number of piperazine rings is 1. The Morgan fingerprint density at radius 3 is 2.11 bits per heavy atom. The van der Waals surface area contributed by atoms with E-state index < -0.39 is 0 Å². The molecule has 2 N–H and O–H groups in total. The van der Waals surface area contributed by atoms with Crippen molar-refractivity contribution in [3.05, 3.63) is 83.4 Å². The number of carbonyl (C=O) groups excluding carboxylic acids is 1. The van der Waals surface area contributed by atoms with Crippen LogP contribution in [0.4, 0.5) is 11.6 Å². The van der Waals surface area contributed by atoms with E-state index in [0.717, 1.165) is 60.5 Å². The summed E-state index contributed by atoms with van der Waals surface area (Å²) in [6, 6.07) is 22.6. The van der Waals surface area contributed by atoms with Crippen molar-refractivity contribution in [2.24, 2.45) is 5.92 Å². The first-order chi connectivity index (χ1) is 18.4. The van der Waals surface area contributed by atoms with Crippen molar-refractivity contribution < 1.29 is 4.79 Å². The minimum Gasteiger partial charge on any atom is -0.369 e. The Hall–Kier alpha value is -4.03. The Labute approximate surface area is 224 Å². The molecular weight excluding hydrogens is 470 g/mol. The van der Waals surface area contributed by atoms with Crippen molar-refractivity contribution in [2.75, 3.05) is 43.4 Å². The maximum Gasteiger partial charge on any atom is 0.221 e. The van der Waals surface area contributed by atoms with E-state index in [1.54, 1.807) is 0 Å². The molecule has 0 amide bonds. The highest BCUT2D eigenvalue weighted by molar-refractivity contribution is 6.25. The van der Waals surface area contributed by atoms with Crippen LogP contribution in [0.25, 0.3) is 33.6 Å². The van der Waals surface area contributed by atoms with Gasteiger partial charge in [0, 0.05) is 55.1 Å². The molecule has 1 aliphatic heterocycles. The van der Waals surface area contributed by atoms with Crippen LogP contribution in [-0.2, 0) is 0 Å². The van der Waals surface area contributed by atoms with Crippen LogP contribution < -0.4 is 10.6 Å². The Balaban J connectivity index is 1.35. The highest BCUT2D eigenvalue weighted by Gasteiger charge is 2.34. The van der Waals surface area contributed by atoms with Crippen molar-refractivity contribution in [1.29, 1.82) is 0 Å². The van der Waals surface area contributed by atoms with E-state index in [4.69, 9.17) is 5.73 Å². The molecule has 38 heavy (non-hydrogen) atoms. The number of ketones is 1. The third-order valence-electron chi connectivity index (χ3n) is 7.56. The minimum atomic E-state index is -0.0525. The van der Waals surface area contributed by atoms with Crippen LogP contribution in [0.15, 0.2) is 66.7 Å². The summed E-state index contributed by atoms with van der Waals surface area (Å²) in [7, 11) is 0. The van der Waals surface area contributed by atoms with Crippen molar-refractivity contribution in [3.63, 3.8) is 0 Å². The van der Waals surface area contributed by atoms with Crippen molar-refractivity contribution in [1.82, 2.24) is 14.9 Å². The fourth-order valence-electron chi connectivity index (χ4n) is 5.72. The fraction of sp³-hybridized carbons (Fsp3) is 0.281. The van der Waals surface area contributed by atoms with E-state index >= 15 is 0 Å². The number of hydrogen-bond acceptors (Lipinski definition) is 6. The van der Waals surface area contributed by atoms with E-state index in [-0.39, 0.29) is 11.7 Å². The number of nitrogen functional groups attached to an aromatic ring is 1. The number of anilines is 2. The molecule has 2 heterocycles. The normalized spacial score (nSPS) is 15.2. The predicted molar refractivity (Wildman–Crippen MR) is 154 cm³/mol. The van der Waals surface area contributed by atoms with Gasteiger partial charge in [0.1, 0.15) is 0 Å². The molecule has 6 heteroatoms. The SMILES string of the molecule is Cc1ccc(-c2nc(N)nc3c2C(=O)c2cccc(-c4ccc(N5CCN(CC(C)C)CC5)cc4)c2-3)cc1. The standard InChI is InChI=1S/C32H33N5O/c1-20(2)19-36-15-17-37(18-16-36)24-13-11-22(12-14-24)25-5-4-6-26-27(25)30-28(31(26)38)29(34-32(33)35-30)23-9-7-21(3)8-10-23/h4-14,20H,15-19H2,1-3H3,(H2,33,34,35). The Morgan fingerprint density at radius 2 is 1.42 bits per heavy atom. The second-order valence-corrected chi connectivity index (χ2v) is 10.8. The van der Waals surface area contributed by atoms with Crippen LogP contribution in [0.3, 0.4) is 0 Å². The average molecular weight is 504 g/mol. The third-order valence-corrected chi connectivity index (χ3v) is 7.56. The monoisotopic (exact) mass is 503 g/mol. The quantitative estimate of drug-likeness (QED) is 0.332. The van der Waals surface area contributed by atoms with Gasteiger partial charge < -0.3 is 10.6 Å². The lowest BCUT2D eigenvalue weighted by Crippen LogP contribution is -2.47. The molecule has 1 aromatic heterocycles. The number of rotatable bonds is 5. The molecule has 0 atom stereocenters. The summed E-state index contributed by atoms with van der Waals surface area (Å²) < 4.78 is 0. The molecule has 0 bridgehead atoms. The largest absolute Gasteiger partial charge is 0.369 e. The minimum absolute atomic E-state index is 0.0525. The molecule has 1 saturated heterocycles. The average Bonchev–Trinajstić information content (AvgIpc) is 3.20. The van der Waals surface area contributed by atoms with Crippen LogP contribution in [0.5, 0.6) is 0 Å². The van der Waals surface area contributed by atoms with Crippen LogP contribution in [0.2, 0.25) is 0 Å². The number of nitrogens with zero attached hydrogens (tertiary/aromatic N) is 4. The van der Waals surface area contributed by atoms with E-state index in [1.807, 2.05) is 43.3 Å². The van der Waals surface area contributed by atoms with Gasteiger partial charge in [0.05, 0.1) is 17.0 Å². The molecule has 0 saturated carbocycles. The van der Waals surface area contributed by atoms with E-state index in [2.05, 4.69) is 63.9 Å². The lowest BCUT2D eigenvalue weighted by atomic mass is 9.96. The smallest absolute Gasteiger partial charge is 0.221 e. The number of aromatic nitrogens is 2. The number of hydrogen-bond donors (Lipinski definition) is 1. The molecule has 192 valence electrons. The number of benzene rings is 3. The molecule has 3 aromatic carbocycles. The van der Waals surface area contributed by atoms with Crippen LogP contribution in [0, 0.1) is 12.8 Å². The molecule has 0 unspecified atom stereocenters. The van der Waals surface area contributed by atoms with Gasteiger partial charge in [-0.05, 0) is 36.1 Å². The van der Waals surface area contributed by atoms with Gasteiger partial charge in [-0.3, -0.25) is 9.69 Å². The summed E-state index contributed by atoms with van der Waals surface area (Å²) in [5, 5.41) is 0. The van der Waals surface area contributed by atoms with Crippen molar-refractivity contribution in [3.8, 4) is 33.6 Å². The molecule has 6 nitrogen and oxygen atoms in total. The van der Waals surface area contributed by atoms with Crippen LogP contribution in [-0.4, -0.2) is 53.4 Å². The first-order valence-corrected chi connectivity index (χ1v) is 13.4. The summed E-state index contributed by atoms with van der Waals surface area (Å²) in [5.41, 5.74) is 14.7. The van der Waals surface area contributed by atoms with Gasteiger partial charge in [0.25, 0.3) is 0 Å².